The Morgan fingerprint density at radius 1 is 1.38 bits per heavy atom. The molecule has 0 aliphatic rings. The number of benzene rings is 1. The Morgan fingerprint density at radius 2 is 2.23 bits per heavy atom. The zero-order valence-electron chi connectivity index (χ0n) is 8.34. The van der Waals surface area contributed by atoms with Crippen molar-refractivity contribution in [3.63, 3.8) is 0 Å². The van der Waals surface area contributed by atoms with Crippen LogP contribution in [0.4, 0.5) is 0 Å². The van der Waals surface area contributed by atoms with Crippen LogP contribution in [0.2, 0.25) is 0 Å². The maximum atomic E-state index is 5.04. The maximum Gasteiger partial charge on any atom is 0.0685 e. The van der Waals surface area contributed by atoms with Gasteiger partial charge < -0.3 is 4.84 Å². The minimum Gasteiger partial charge on any atom is -0.302 e. The summed E-state index contributed by atoms with van der Waals surface area (Å²) in [7, 11) is 1.78. The fourth-order valence-electron chi connectivity index (χ4n) is 1.32. The van der Waals surface area contributed by atoms with Gasteiger partial charge in [-0.25, -0.2) is 5.48 Å². The average Bonchev–Trinajstić information content (AvgIpc) is 2.13. The van der Waals surface area contributed by atoms with E-state index in [1.165, 1.54) is 11.1 Å². The zero-order valence-corrected chi connectivity index (χ0v) is 8.34. The summed E-state index contributed by atoms with van der Waals surface area (Å²) in [6, 6.07) is 8.60. The third-order valence-corrected chi connectivity index (χ3v) is 1.94. The van der Waals surface area contributed by atoms with E-state index in [-0.39, 0.29) is 0 Å². The van der Waals surface area contributed by atoms with Crippen molar-refractivity contribution in [3.05, 3.63) is 35.4 Å². The summed E-state index contributed by atoms with van der Waals surface area (Å²) in [4.78, 5) is 5.04. The minimum absolute atomic E-state index is 0.768. The van der Waals surface area contributed by atoms with Crippen LogP contribution in [0.25, 0.3) is 0 Å². The second-order valence-corrected chi connectivity index (χ2v) is 3.15. The van der Waals surface area contributed by atoms with Crippen molar-refractivity contribution in [3.8, 4) is 0 Å². The molecule has 72 valence electrons. The van der Waals surface area contributed by atoms with Crippen LogP contribution in [0.15, 0.2) is 24.3 Å². The van der Waals surface area contributed by atoms with E-state index in [2.05, 4.69) is 36.7 Å². The molecule has 0 fully saturated rings. The van der Waals surface area contributed by atoms with Crippen LogP contribution in [0.5, 0.6) is 0 Å². The predicted molar refractivity (Wildman–Crippen MR) is 54.5 cm³/mol. The number of aryl methyl sites for hydroxylation is 2. The van der Waals surface area contributed by atoms with Gasteiger partial charge in [0.1, 0.15) is 0 Å². The zero-order chi connectivity index (χ0) is 9.52. The van der Waals surface area contributed by atoms with Crippen LogP contribution in [-0.2, 0) is 11.3 Å². The first-order valence-electron chi connectivity index (χ1n) is 4.67. The fraction of sp³-hybridized carbons (Fsp3) is 0.455. The lowest BCUT2D eigenvalue weighted by Crippen LogP contribution is -2.08. The Labute approximate surface area is 79.9 Å². The summed E-state index contributed by atoms with van der Waals surface area (Å²) in [6.45, 7) is 2.89. The molecule has 2 heteroatoms. The first-order chi connectivity index (χ1) is 6.33. The molecule has 0 aliphatic carbocycles. The smallest absolute Gasteiger partial charge is 0.0685 e. The van der Waals surface area contributed by atoms with Crippen molar-refractivity contribution >= 4 is 0 Å². The Hall–Kier alpha value is -0.860. The molecule has 0 saturated carbocycles. The van der Waals surface area contributed by atoms with Crippen molar-refractivity contribution in [1.82, 2.24) is 5.48 Å². The van der Waals surface area contributed by atoms with Crippen molar-refractivity contribution in [1.29, 1.82) is 0 Å². The number of hydrogen-bond acceptors (Lipinski definition) is 2. The standard InChI is InChI=1S/C11H17NO/c1-10-5-3-6-11(9-10)7-4-8-13-12-2/h3,5-6,9,12H,4,7-8H2,1-2H3. The molecule has 13 heavy (non-hydrogen) atoms. The van der Waals surface area contributed by atoms with E-state index >= 15 is 0 Å². The summed E-state index contributed by atoms with van der Waals surface area (Å²) in [5.41, 5.74) is 5.38. The van der Waals surface area contributed by atoms with Crippen molar-refractivity contribution in [2.75, 3.05) is 13.7 Å². The van der Waals surface area contributed by atoms with Gasteiger partial charge in [0.2, 0.25) is 0 Å². The topological polar surface area (TPSA) is 21.3 Å². The van der Waals surface area contributed by atoms with Crippen LogP contribution in [-0.4, -0.2) is 13.7 Å². The van der Waals surface area contributed by atoms with Gasteiger partial charge in [-0.05, 0) is 25.3 Å². The molecule has 0 radical (unpaired) electrons. The van der Waals surface area contributed by atoms with E-state index in [9.17, 15) is 0 Å². The lowest BCUT2D eigenvalue weighted by molar-refractivity contribution is 0.0564. The average molecular weight is 179 g/mol. The van der Waals surface area contributed by atoms with Crippen LogP contribution in [0, 0.1) is 6.92 Å². The lowest BCUT2D eigenvalue weighted by atomic mass is 10.1. The number of hydrogen-bond donors (Lipinski definition) is 1. The Kier molecular flexibility index (Phi) is 4.50. The first kappa shape index (κ1) is 10.2. The van der Waals surface area contributed by atoms with Gasteiger partial charge in [0, 0.05) is 7.05 Å². The third kappa shape index (κ3) is 4.06. The van der Waals surface area contributed by atoms with Gasteiger partial charge in [-0.3, -0.25) is 0 Å². The van der Waals surface area contributed by atoms with Crippen molar-refractivity contribution in [2.45, 2.75) is 19.8 Å². The molecule has 0 bridgehead atoms. The van der Waals surface area contributed by atoms with Crippen LogP contribution >= 0.6 is 0 Å². The Morgan fingerprint density at radius 3 is 2.92 bits per heavy atom. The van der Waals surface area contributed by atoms with Gasteiger partial charge in [0.05, 0.1) is 6.61 Å². The summed E-state index contributed by atoms with van der Waals surface area (Å²) in [6.07, 6.45) is 2.15. The third-order valence-electron chi connectivity index (χ3n) is 1.94. The molecule has 0 amide bonds. The molecule has 1 aromatic rings. The fourth-order valence-corrected chi connectivity index (χ4v) is 1.32. The molecule has 0 aromatic heterocycles. The molecular formula is C11H17NO. The molecule has 0 atom stereocenters. The monoisotopic (exact) mass is 179 g/mol. The number of nitrogens with one attached hydrogen (secondary N) is 1. The van der Waals surface area contributed by atoms with Gasteiger partial charge in [0.25, 0.3) is 0 Å². The SMILES string of the molecule is CNOCCCc1cccc(C)c1. The van der Waals surface area contributed by atoms with E-state index in [1.807, 2.05) is 0 Å². The van der Waals surface area contributed by atoms with E-state index in [0.29, 0.717) is 0 Å². The van der Waals surface area contributed by atoms with Gasteiger partial charge in [-0.2, -0.15) is 0 Å². The molecule has 2 nitrogen and oxygen atoms in total. The quantitative estimate of drug-likeness (QED) is 0.552. The van der Waals surface area contributed by atoms with E-state index in [0.717, 1.165) is 19.4 Å². The maximum absolute atomic E-state index is 5.04. The normalized spacial score (nSPS) is 10.3. The van der Waals surface area contributed by atoms with Gasteiger partial charge in [0.15, 0.2) is 0 Å². The lowest BCUT2D eigenvalue weighted by Gasteiger charge is -2.02. The molecule has 1 rings (SSSR count). The van der Waals surface area contributed by atoms with Gasteiger partial charge in [-0.15, -0.1) is 0 Å². The summed E-state index contributed by atoms with van der Waals surface area (Å²) < 4.78 is 0. The van der Waals surface area contributed by atoms with Gasteiger partial charge in [-0.1, -0.05) is 29.8 Å². The first-order valence-corrected chi connectivity index (χ1v) is 4.67. The molecule has 0 spiro atoms. The molecule has 0 heterocycles. The number of rotatable bonds is 5. The highest BCUT2D eigenvalue weighted by Crippen LogP contribution is 2.06. The molecule has 1 aromatic carbocycles. The molecule has 0 aliphatic heterocycles. The highest BCUT2D eigenvalue weighted by Gasteiger charge is 1.93. The summed E-state index contributed by atoms with van der Waals surface area (Å²) in [5.74, 6) is 0. The Balaban J connectivity index is 2.28. The minimum atomic E-state index is 0.768. The Bertz CT molecular complexity index is 248. The highest BCUT2D eigenvalue weighted by atomic mass is 16.6. The van der Waals surface area contributed by atoms with Crippen molar-refractivity contribution < 1.29 is 4.84 Å². The van der Waals surface area contributed by atoms with Crippen LogP contribution < -0.4 is 5.48 Å². The molecule has 0 unspecified atom stereocenters. The molecule has 0 saturated heterocycles. The van der Waals surface area contributed by atoms with Crippen molar-refractivity contribution in [2.24, 2.45) is 0 Å². The van der Waals surface area contributed by atoms with E-state index in [1.54, 1.807) is 7.05 Å². The molecule has 1 N–H and O–H groups in total. The van der Waals surface area contributed by atoms with E-state index < -0.39 is 0 Å². The van der Waals surface area contributed by atoms with Crippen LogP contribution in [0.3, 0.4) is 0 Å². The second kappa shape index (κ2) is 5.73. The second-order valence-electron chi connectivity index (χ2n) is 3.15. The van der Waals surface area contributed by atoms with E-state index in [4.69, 9.17) is 4.84 Å². The van der Waals surface area contributed by atoms with Gasteiger partial charge >= 0.3 is 0 Å². The summed E-state index contributed by atoms with van der Waals surface area (Å²) >= 11 is 0. The predicted octanol–water partition coefficient (Wildman–Crippen LogP) is 2.08. The highest BCUT2D eigenvalue weighted by molar-refractivity contribution is 5.22. The number of hydroxylamine groups is 1. The summed E-state index contributed by atoms with van der Waals surface area (Å²) in [5, 5.41) is 0. The van der Waals surface area contributed by atoms with Crippen LogP contribution in [0.1, 0.15) is 17.5 Å². The molecular weight excluding hydrogens is 162 g/mol. The largest absolute Gasteiger partial charge is 0.302 e.